The van der Waals surface area contributed by atoms with E-state index >= 15 is 0 Å². The second-order valence-electron chi connectivity index (χ2n) is 4.73. The Balaban J connectivity index is 2.65. The highest BCUT2D eigenvalue weighted by Crippen LogP contribution is 2.31. The zero-order chi connectivity index (χ0) is 14.5. The Morgan fingerprint density at radius 3 is 2.42 bits per heavy atom. The molecule has 0 aliphatic heterocycles. The molecule has 0 saturated carbocycles. The topological polar surface area (TPSA) is 12.0 Å². The van der Waals surface area contributed by atoms with E-state index in [1.807, 2.05) is 6.92 Å². The van der Waals surface area contributed by atoms with Gasteiger partial charge < -0.3 is 5.32 Å². The van der Waals surface area contributed by atoms with E-state index in [2.05, 4.69) is 12.2 Å². The minimum absolute atomic E-state index is 0.0396. The van der Waals surface area contributed by atoms with Crippen LogP contribution in [0, 0.1) is 5.82 Å². The fraction of sp³-hybridized carbons (Fsp3) is 0.571. The van der Waals surface area contributed by atoms with E-state index in [1.54, 1.807) is 0 Å². The molecule has 1 aromatic carbocycles. The van der Waals surface area contributed by atoms with Crippen molar-refractivity contribution in [3.63, 3.8) is 0 Å². The summed E-state index contributed by atoms with van der Waals surface area (Å²) < 4.78 is 50.7. The number of rotatable bonds is 6. The normalized spacial score (nSPS) is 13.4. The summed E-state index contributed by atoms with van der Waals surface area (Å²) in [6, 6.07) is 2.61. The van der Waals surface area contributed by atoms with Crippen molar-refractivity contribution in [3.05, 3.63) is 29.6 Å². The number of anilines is 1. The third-order valence-electron chi connectivity index (χ3n) is 2.94. The smallest absolute Gasteiger partial charge is 0.380 e. The summed E-state index contributed by atoms with van der Waals surface area (Å²) in [5.41, 5.74) is -0.841. The van der Waals surface area contributed by atoms with Crippen molar-refractivity contribution in [1.82, 2.24) is 0 Å². The molecule has 0 aliphatic rings. The average Bonchev–Trinajstić information content (AvgIpc) is 2.31. The lowest BCUT2D eigenvalue weighted by molar-refractivity contribution is -0.137. The van der Waals surface area contributed by atoms with Crippen LogP contribution in [-0.2, 0) is 6.18 Å². The van der Waals surface area contributed by atoms with Crippen LogP contribution in [0.4, 0.5) is 23.2 Å². The molecule has 1 unspecified atom stereocenters. The van der Waals surface area contributed by atoms with Gasteiger partial charge >= 0.3 is 6.18 Å². The van der Waals surface area contributed by atoms with Gasteiger partial charge in [0.25, 0.3) is 0 Å². The Morgan fingerprint density at radius 2 is 1.89 bits per heavy atom. The molecule has 1 atom stereocenters. The van der Waals surface area contributed by atoms with Crippen molar-refractivity contribution in [3.8, 4) is 0 Å². The molecule has 0 aromatic heterocycles. The second kappa shape index (κ2) is 6.78. The molecule has 0 amide bonds. The minimum Gasteiger partial charge on any atom is -0.380 e. The van der Waals surface area contributed by atoms with Gasteiger partial charge in [-0.1, -0.05) is 26.2 Å². The Hall–Kier alpha value is -1.26. The van der Waals surface area contributed by atoms with Gasteiger partial charge in [-0.15, -0.1) is 0 Å². The van der Waals surface area contributed by atoms with Gasteiger partial charge in [-0.05, 0) is 31.5 Å². The number of hydrogen-bond donors (Lipinski definition) is 1. The van der Waals surface area contributed by atoms with Gasteiger partial charge in [-0.2, -0.15) is 13.2 Å². The number of alkyl halides is 3. The van der Waals surface area contributed by atoms with E-state index in [4.69, 9.17) is 0 Å². The minimum atomic E-state index is -4.51. The first-order valence-electron chi connectivity index (χ1n) is 6.48. The molecule has 0 bridgehead atoms. The molecule has 108 valence electrons. The molecular weight excluding hydrogens is 258 g/mol. The van der Waals surface area contributed by atoms with Crippen LogP contribution < -0.4 is 5.32 Å². The average molecular weight is 277 g/mol. The Bertz CT molecular complexity index is 401. The first kappa shape index (κ1) is 15.8. The number of benzene rings is 1. The number of unbranched alkanes of at least 4 members (excludes halogenated alkanes) is 2. The number of nitrogens with one attached hydrogen (secondary N) is 1. The molecule has 0 aliphatic carbocycles. The van der Waals surface area contributed by atoms with Crippen molar-refractivity contribution >= 4 is 5.69 Å². The quantitative estimate of drug-likeness (QED) is 0.555. The van der Waals surface area contributed by atoms with Crippen LogP contribution in [0.25, 0.3) is 0 Å². The van der Waals surface area contributed by atoms with Crippen LogP contribution in [0.5, 0.6) is 0 Å². The van der Waals surface area contributed by atoms with Crippen LogP contribution in [0.1, 0.15) is 45.1 Å². The number of halogens is 4. The van der Waals surface area contributed by atoms with E-state index in [1.165, 1.54) is 0 Å². The van der Waals surface area contributed by atoms with Crippen LogP contribution in [0.2, 0.25) is 0 Å². The van der Waals surface area contributed by atoms with Gasteiger partial charge in [0.15, 0.2) is 0 Å². The predicted octanol–water partition coefficient (Wildman–Crippen LogP) is 5.23. The predicted molar refractivity (Wildman–Crippen MR) is 68.6 cm³/mol. The molecule has 1 nitrogen and oxygen atoms in total. The third kappa shape index (κ3) is 5.09. The molecule has 1 rings (SSSR count). The second-order valence-corrected chi connectivity index (χ2v) is 4.73. The summed E-state index contributed by atoms with van der Waals surface area (Å²) in [4.78, 5) is 0. The summed E-state index contributed by atoms with van der Waals surface area (Å²) >= 11 is 0. The van der Waals surface area contributed by atoms with Crippen molar-refractivity contribution in [1.29, 1.82) is 0 Å². The van der Waals surface area contributed by atoms with Crippen LogP contribution in [0.15, 0.2) is 18.2 Å². The zero-order valence-electron chi connectivity index (χ0n) is 11.1. The monoisotopic (exact) mass is 277 g/mol. The lowest BCUT2D eigenvalue weighted by Crippen LogP contribution is -2.16. The Kier molecular flexibility index (Phi) is 5.63. The molecule has 1 aromatic rings. The zero-order valence-corrected chi connectivity index (χ0v) is 11.1. The van der Waals surface area contributed by atoms with Gasteiger partial charge in [0.1, 0.15) is 5.82 Å². The van der Waals surface area contributed by atoms with Gasteiger partial charge in [0, 0.05) is 6.04 Å². The van der Waals surface area contributed by atoms with Crippen molar-refractivity contribution < 1.29 is 17.6 Å². The molecule has 0 fully saturated rings. The van der Waals surface area contributed by atoms with Gasteiger partial charge in [0.05, 0.1) is 11.3 Å². The maximum absolute atomic E-state index is 13.6. The number of hydrogen-bond acceptors (Lipinski definition) is 1. The van der Waals surface area contributed by atoms with Crippen molar-refractivity contribution in [2.24, 2.45) is 0 Å². The van der Waals surface area contributed by atoms with Crippen LogP contribution in [0.3, 0.4) is 0 Å². The lowest BCUT2D eigenvalue weighted by atomic mass is 10.1. The highest BCUT2D eigenvalue weighted by Gasteiger charge is 2.31. The molecule has 19 heavy (non-hydrogen) atoms. The van der Waals surface area contributed by atoms with Crippen molar-refractivity contribution in [2.75, 3.05) is 5.32 Å². The molecule has 0 heterocycles. The maximum Gasteiger partial charge on any atom is 0.416 e. The van der Waals surface area contributed by atoms with Crippen LogP contribution in [-0.4, -0.2) is 6.04 Å². The Labute approximate surface area is 111 Å². The molecule has 5 heteroatoms. The summed E-state index contributed by atoms with van der Waals surface area (Å²) in [7, 11) is 0. The van der Waals surface area contributed by atoms with E-state index in [0.29, 0.717) is 6.07 Å². The van der Waals surface area contributed by atoms with E-state index in [0.717, 1.165) is 37.8 Å². The highest BCUT2D eigenvalue weighted by molar-refractivity contribution is 5.47. The third-order valence-corrected chi connectivity index (χ3v) is 2.94. The Morgan fingerprint density at radius 1 is 1.21 bits per heavy atom. The van der Waals surface area contributed by atoms with Crippen molar-refractivity contribution in [2.45, 2.75) is 51.7 Å². The largest absolute Gasteiger partial charge is 0.416 e. The first-order valence-corrected chi connectivity index (χ1v) is 6.48. The lowest BCUT2D eigenvalue weighted by Gasteiger charge is -2.16. The summed E-state index contributed by atoms with van der Waals surface area (Å²) in [5.74, 6) is -0.864. The van der Waals surface area contributed by atoms with Gasteiger partial charge in [0.2, 0.25) is 0 Å². The molecular formula is C14H19F4N. The van der Waals surface area contributed by atoms with E-state index in [-0.39, 0.29) is 11.7 Å². The summed E-state index contributed by atoms with van der Waals surface area (Å²) in [5, 5.41) is 2.91. The first-order chi connectivity index (χ1) is 8.84. The van der Waals surface area contributed by atoms with Gasteiger partial charge in [-0.25, -0.2) is 4.39 Å². The highest BCUT2D eigenvalue weighted by atomic mass is 19.4. The standard InChI is InChI=1S/C14H19F4N/c1-3-4-5-6-10(2)19-13-8-7-11(9-12(13)15)14(16,17)18/h7-10,19H,3-6H2,1-2H3. The van der Waals surface area contributed by atoms with E-state index < -0.39 is 17.6 Å². The maximum atomic E-state index is 13.6. The fourth-order valence-electron chi connectivity index (χ4n) is 1.85. The molecule has 0 saturated heterocycles. The van der Waals surface area contributed by atoms with Crippen LogP contribution >= 0.6 is 0 Å². The summed E-state index contributed by atoms with van der Waals surface area (Å²) in [6.07, 6.45) is -0.420. The SMILES string of the molecule is CCCCCC(C)Nc1ccc(C(F)(F)F)cc1F. The molecule has 0 radical (unpaired) electrons. The summed E-state index contributed by atoms with van der Waals surface area (Å²) in [6.45, 7) is 3.99. The molecule has 1 N–H and O–H groups in total. The molecule has 0 spiro atoms. The van der Waals surface area contributed by atoms with E-state index in [9.17, 15) is 17.6 Å². The van der Waals surface area contributed by atoms with Gasteiger partial charge in [-0.3, -0.25) is 0 Å². The fourth-order valence-corrected chi connectivity index (χ4v) is 1.85.